The SMILES string of the molecule is [2H]C([2H])([2H])C(Cc1ccc(OC)cc1)(C(=O)O)C([2H])([2H])[2H]. The third-order valence-corrected chi connectivity index (χ3v) is 1.99. The highest BCUT2D eigenvalue weighted by molar-refractivity contribution is 5.74. The van der Waals surface area contributed by atoms with Crippen LogP contribution in [0.4, 0.5) is 0 Å². The zero-order valence-corrected chi connectivity index (χ0v) is 8.28. The maximum atomic E-state index is 11.5. The fourth-order valence-corrected chi connectivity index (χ4v) is 1.13. The quantitative estimate of drug-likeness (QED) is 0.836. The lowest BCUT2D eigenvalue weighted by atomic mass is 9.86. The standard InChI is InChI=1S/C12H16O3/c1-12(2,11(13)14)8-9-4-6-10(15-3)7-5-9/h4-7H,8H2,1-3H3,(H,13,14)/i1D3,2D3. The molecule has 0 saturated carbocycles. The molecule has 0 aliphatic rings. The van der Waals surface area contributed by atoms with Crippen molar-refractivity contribution in [3.05, 3.63) is 29.8 Å². The lowest BCUT2D eigenvalue weighted by Gasteiger charge is -2.18. The summed E-state index contributed by atoms with van der Waals surface area (Å²) in [4.78, 5) is 11.5. The molecule has 0 atom stereocenters. The van der Waals surface area contributed by atoms with Gasteiger partial charge in [-0.1, -0.05) is 12.1 Å². The van der Waals surface area contributed by atoms with Gasteiger partial charge in [-0.15, -0.1) is 0 Å². The third-order valence-electron chi connectivity index (χ3n) is 1.99. The second-order valence-electron chi connectivity index (χ2n) is 3.24. The van der Waals surface area contributed by atoms with E-state index in [1.165, 1.54) is 31.4 Å². The van der Waals surface area contributed by atoms with Gasteiger partial charge >= 0.3 is 5.97 Å². The molecule has 0 unspecified atom stereocenters. The van der Waals surface area contributed by atoms with Gasteiger partial charge in [0.1, 0.15) is 5.75 Å². The fraction of sp³-hybridized carbons (Fsp3) is 0.417. The number of benzene rings is 1. The molecule has 0 saturated heterocycles. The highest BCUT2D eigenvalue weighted by Crippen LogP contribution is 2.23. The van der Waals surface area contributed by atoms with E-state index in [4.69, 9.17) is 13.0 Å². The van der Waals surface area contributed by atoms with E-state index in [-0.39, 0.29) is 0 Å². The van der Waals surface area contributed by atoms with Crippen LogP contribution in [0.1, 0.15) is 27.5 Å². The van der Waals surface area contributed by atoms with Crippen LogP contribution in [0.3, 0.4) is 0 Å². The molecule has 1 aromatic carbocycles. The van der Waals surface area contributed by atoms with Gasteiger partial charge in [-0.2, -0.15) is 0 Å². The first kappa shape index (κ1) is 5.54. The number of ether oxygens (including phenoxy) is 1. The molecular formula is C12H16O3. The summed E-state index contributed by atoms with van der Waals surface area (Å²) in [6, 6.07) is 5.93. The smallest absolute Gasteiger partial charge is 0.309 e. The second kappa shape index (κ2) is 4.34. The monoisotopic (exact) mass is 214 g/mol. The molecule has 1 N–H and O–H groups in total. The molecule has 0 amide bonds. The fourth-order valence-electron chi connectivity index (χ4n) is 1.13. The van der Waals surface area contributed by atoms with Crippen LogP contribution in [0.2, 0.25) is 0 Å². The van der Waals surface area contributed by atoms with Crippen LogP contribution in [0.25, 0.3) is 0 Å². The normalized spacial score (nSPS) is 18.7. The summed E-state index contributed by atoms with van der Waals surface area (Å²) < 4.78 is 49.5. The molecule has 0 radical (unpaired) electrons. The van der Waals surface area contributed by atoms with E-state index in [0.717, 1.165) is 0 Å². The van der Waals surface area contributed by atoms with Crippen molar-refractivity contribution in [2.24, 2.45) is 5.41 Å². The number of carboxylic acid groups (broad SMARTS) is 1. The van der Waals surface area contributed by atoms with Gasteiger partial charge in [-0.3, -0.25) is 4.79 Å². The molecule has 0 aromatic heterocycles. The highest BCUT2D eigenvalue weighted by Gasteiger charge is 2.27. The maximum absolute atomic E-state index is 11.5. The predicted molar refractivity (Wildman–Crippen MR) is 58.1 cm³/mol. The molecule has 0 spiro atoms. The Morgan fingerprint density at radius 1 is 1.47 bits per heavy atom. The van der Waals surface area contributed by atoms with E-state index in [2.05, 4.69) is 0 Å². The van der Waals surface area contributed by atoms with Gasteiger partial charge in [-0.25, -0.2) is 0 Å². The minimum atomic E-state index is -3.18. The average molecular weight is 214 g/mol. The molecule has 1 aromatic rings. The van der Waals surface area contributed by atoms with Gasteiger partial charge in [0.15, 0.2) is 0 Å². The topological polar surface area (TPSA) is 46.5 Å². The summed E-state index contributed by atoms with van der Waals surface area (Å²) in [5.41, 5.74) is -2.56. The number of hydrogen-bond donors (Lipinski definition) is 1. The Balaban J connectivity index is 3.34. The Labute approximate surface area is 98.1 Å². The van der Waals surface area contributed by atoms with Crippen molar-refractivity contribution >= 4 is 5.97 Å². The Bertz CT molecular complexity index is 489. The van der Waals surface area contributed by atoms with Crippen LogP contribution in [-0.2, 0) is 11.2 Å². The molecular weight excluding hydrogens is 192 g/mol. The van der Waals surface area contributed by atoms with Gasteiger partial charge in [0.05, 0.1) is 12.5 Å². The molecule has 1 rings (SSSR count). The van der Waals surface area contributed by atoms with Gasteiger partial charge in [0.25, 0.3) is 0 Å². The minimum absolute atomic E-state index is 0.297. The van der Waals surface area contributed by atoms with E-state index in [9.17, 15) is 9.90 Å². The third kappa shape index (κ3) is 2.98. The molecule has 15 heavy (non-hydrogen) atoms. The van der Waals surface area contributed by atoms with Crippen LogP contribution in [0, 0.1) is 5.41 Å². The average Bonchev–Trinajstić information content (AvgIpc) is 2.33. The van der Waals surface area contributed by atoms with E-state index in [1.54, 1.807) is 0 Å². The largest absolute Gasteiger partial charge is 0.497 e. The predicted octanol–water partition coefficient (Wildman–Crippen LogP) is 2.35. The van der Waals surface area contributed by atoms with Crippen molar-refractivity contribution in [3.63, 3.8) is 0 Å². The summed E-state index contributed by atoms with van der Waals surface area (Å²) in [6.07, 6.45) is -0.626. The molecule has 82 valence electrons. The van der Waals surface area contributed by atoms with Gasteiger partial charge < -0.3 is 9.84 Å². The lowest BCUT2D eigenvalue weighted by Crippen LogP contribution is -2.26. The van der Waals surface area contributed by atoms with Crippen LogP contribution < -0.4 is 4.74 Å². The second-order valence-corrected chi connectivity index (χ2v) is 3.24. The Hall–Kier alpha value is -1.51. The first-order valence-corrected chi connectivity index (χ1v) is 4.32. The molecule has 0 aliphatic carbocycles. The van der Waals surface area contributed by atoms with Crippen LogP contribution in [-0.4, -0.2) is 18.2 Å². The van der Waals surface area contributed by atoms with Gasteiger partial charge in [-0.05, 0) is 37.8 Å². The first-order valence-electron chi connectivity index (χ1n) is 7.32. The highest BCUT2D eigenvalue weighted by atomic mass is 16.5. The van der Waals surface area contributed by atoms with Crippen molar-refractivity contribution in [1.29, 1.82) is 0 Å². The molecule has 0 heterocycles. The van der Waals surface area contributed by atoms with Crippen molar-refractivity contribution in [3.8, 4) is 5.75 Å². The van der Waals surface area contributed by atoms with E-state index < -0.39 is 31.5 Å². The summed E-state index contributed by atoms with van der Waals surface area (Å²) in [7, 11) is 1.45. The number of aliphatic carboxylic acids is 1. The van der Waals surface area contributed by atoms with E-state index >= 15 is 0 Å². The van der Waals surface area contributed by atoms with Crippen molar-refractivity contribution < 1.29 is 22.9 Å². The molecule has 0 bridgehead atoms. The first-order chi connectivity index (χ1) is 9.45. The maximum Gasteiger partial charge on any atom is 0.309 e. The van der Waals surface area contributed by atoms with Crippen LogP contribution >= 0.6 is 0 Å². The number of carbonyl (C=O) groups is 1. The number of hydrogen-bond acceptors (Lipinski definition) is 2. The number of methoxy groups -OCH3 is 1. The van der Waals surface area contributed by atoms with Gasteiger partial charge in [0.2, 0.25) is 0 Å². The Morgan fingerprint density at radius 2 is 2.07 bits per heavy atom. The Morgan fingerprint density at radius 3 is 2.47 bits per heavy atom. The number of rotatable bonds is 4. The molecule has 3 nitrogen and oxygen atoms in total. The Kier molecular flexibility index (Phi) is 1.60. The summed E-state index contributed by atoms with van der Waals surface area (Å²) >= 11 is 0. The zero-order valence-electron chi connectivity index (χ0n) is 14.3. The summed E-state index contributed by atoms with van der Waals surface area (Å²) in [6.45, 7) is -6.35. The zero-order chi connectivity index (χ0) is 16.5. The van der Waals surface area contributed by atoms with Crippen LogP contribution in [0.5, 0.6) is 5.75 Å². The minimum Gasteiger partial charge on any atom is -0.497 e. The van der Waals surface area contributed by atoms with Gasteiger partial charge in [0, 0.05) is 8.22 Å². The molecule has 0 fully saturated rings. The molecule has 3 heteroatoms. The van der Waals surface area contributed by atoms with Crippen molar-refractivity contribution in [2.45, 2.75) is 20.1 Å². The van der Waals surface area contributed by atoms with E-state index in [0.29, 0.717) is 11.3 Å². The lowest BCUT2D eigenvalue weighted by molar-refractivity contribution is -0.146. The van der Waals surface area contributed by atoms with Crippen molar-refractivity contribution in [1.82, 2.24) is 0 Å². The van der Waals surface area contributed by atoms with Crippen molar-refractivity contribution in [2.75, 3.05) is 7.11 Å². The van der Waals surface area contributed by atoms with E-state index in [1.807, 2.05) is 0 Å². The van der Waals surface area contributed by atoms with Crippen LogP contribution in [0.15, 0.2) is 24.3 Å². The molecule has 0 aliphatic heterocycles. The summed E-state index contributed by atoms with van der Waals surface area (Å²) in [5, 5.41) is 9.31. The number of carboxylic acids is 1. The summed E-state index contributed by atoms with van der Waals surface area (Å²) in [5.74, 6) is -1.36.